The Kier molecular flexibility index (Phi) is 4.51. The maximum absolute atomic E-state index is 13.1. The molecule has 0 aliphatic carbocycles. The van der Waals surface area contributed by atoms with Crippen LogP contribution in [0.4, 0.5) is 5.69 Å². The van der Waals surface area contributed by atoms with Gasteiger partial charge in [0, 0.05) is 10.2 Å². The summed E-state index contributed by atoms with van der Waals surface area (Å²) in [7, 11) is 0. The van der Waals surface area contributed by atoms with Gasteiger partial charge in [-0.2, -0.15) is 0 Å². The van der Waals surface area contributed by atoms with Gasteiger partial charge in [0.2, 0.25) is 0 Å². The van der Waals surface area contributed by atoms with E-state index in [9.17, 15) is 4.79 Å². The van der Waals surface area contributed by atoms with Gasteiger partial charge >= 0.3 is 0 Å². The molecule has 1 atom stereocenters. The average Bonchev–Trinajstić information content (AvgIpc) is 3.26. The summed E-state index contributed by atoms with van der Waals surface area (Å²) in [5, 5.41) is -0.101. The second-order valence-electron chi connectivity index (χ2n) is 5.56. The van der Waals surface area contributed by atoms with Crippen molar-refractivity contribution < 1.29 is 9.21 Å². The van der Waals surface area contributed by atoms with Gasteiger partial charge in [-0.05, 0) is 48.0 Å². The Morgan fingerprint density at radius 1 is 1.00 bits per heavy atom. The molecule has 1 saturated heterocycles. The van der Waals surface area contributed by atoms with Crippen LogP contribution in [0.5, 0.6) is 0 Å². The van der Waals surface area contributed by atoms with Crippen LogP contribution in [0.25, 0.3) is 6.08 Å². The normalized spacial score (nSPS) is 18.9. The number of carbonyl (C=O) groups is 1. The number of carbonyl (C=O) groups excluding carboxylic acids is 1. The van der Waals surface area contributed by atoms with Crippen LogP contribution in [0.2, 0.25) is 0 Å². The highest BCUT2D eigenvalue weighted by Gasteiger charge is 2.38. The molecule has 124 valence electrons. The van der Waals surface area contributed by atoms with Gasteiger partial charge in [-0.3, -0.25) is 9.69 Å². The molecule has 0 saturated carbocycles. The monoisotopic (exact) mass is 411 g/mol. The van der Waals surface area contributed by atoms with E-state index in [1.165, 1.54) is 0 Å². The van der Waals surface area contributed by atoms with Crippen molar-refractivity contribution in [3.8, 4) is 0 Å². The van der Waals surface area contributed by atoms with Gasteiger partial charge in [0.25, 0.3) is 5.91 Å². The number of hydrogen-bond donors (Lipinski definition) is 0. The van der Waals surface area contributed by atoms with Crippen LogP contribution in [0.3, 0.4) is 0 Å². The molecule has 3 nitrogen and oxygen atoms in total. The van der Waals surface area contributed by atoms with Gasteiger partial charge in [0.15, 0.2) is 0 Å². The van der Waals surface area contributed by atoms with Gasteiger partial charge in [0.05, 0.1) is 11.2 Å². The molecular weight excluding hydrogens is 398 g/mol. The van der Waals surface area contributed by atoms with Gasteiger partial charge in [-0.15, -0.1) is 0 Å². The summed E-state index contributed by atoms with van der Waals surface area (Å²) in [6.07, 6.45) is 3.42. The summed E-state index contributed by atoms with van der Waals surface area (Å²) in [5.41, 5.74) is 1.96. The highest BCUT2D eigenvalue weighted by Crippen LogP contribution is 2.48. The molecule has 1 aliphatic heterocycles. The molecule has 0 radical (unpaired) electrons. The van der Waals surface area contributed by atoms with E-state index in [0.29, 0.717) is 10.7 Å². The van der Waals surface area contributed by atoms with E-state index >= 15 is 0 Å². The molecule has 3 aromatic rings. The Hall–Kier alpha value is -2.24. The SMILES string of the molecule is O=C1/C(=C\c2ccco2)SC(c2ccccc2)N1c1ccc(Br)cc1. The Labute approximate surface area is 158 Å². The molecule has 5 heteroatoms. The maximum atomic E-state index is 13.1. The standard InChI is InChI=1S/C20H14BrNO2S/c21-15-8-10-16(11-9-15)22-19(23)18(13-17-7-4-12-24-17)25-20(22)14-5-2-1-3-6-14/h1-13,20H/b18-13+. The van der Waals surface area contributed by atoms with Gasteiger partial charge in [-0.1, -0.05) is 58.0 Å². The summed E-state index contributed by atoms with van der Waals surface area (Å²) in [6, 6.07) is 21.5. The zero-order valence-electron chi connectivity index (χ0n) is 13.1. The predicted octanol–water partition coefficient (Wildman–Crippen LogP) is 5.86. The van der Waals surface area contributed by atoms with E-state index in [4.69, 9.17) is 4.42 Å². The highest BCUT2D eigenvalue weighted by atomic mass is 79.9. The number of thioether (sulfide) groups is 1. The molecule has 2 heterocycles. The summed E-state index contributed by atoms with van der Waals surface area (Å²) < 4.78 is 6.36. The molecule has 25 heavy (non-hydrogen) atoms. The average molecular weight is 412 g/mol. The third-order valence-electron chi connectivity index (χ3n) is 3.91. The van der Waals surface area contributed by atoms with Crippen LogP contribution in [0, 0.1) is 0 Å². The fraction of sp³-hybridized carbons (Fsp3) is 0.0500. The van der Waals surface area contributed by atoms with Crippen LogP contribution < -0.4 is 4.90 Å². The molecule has 1 amide bonds. The molecule has 1 unspecified atom stereocenters. The second-order valence-corrected chi connectivity index (χ2v) is 7.59. The van der Waals surface area contributed by atoms with Gasteiger partial charge in [-0.25, -0.2) is 0 Å². The lowest BCUT2D eigenvalue weighted by molar-refractivity contribution is -0.114. The quantitative estimate of drug-likeness (QED) is 0.505. The molecule has 4 rings (SSSR count). The first-order chi connectivity index (χ1) is 12.2. The van der Waals surface area contributed by atoms with Crippen molar-refractivity contribution >= 4 is 45.4 Å². The molecule has 0 N–H and O–H groups in total. The van der Waals surface area contributed by atoms with E-state index in [1.54, 1.807) is 18.0 Å². The van der Waals surface area contributed by atoms with Crippen molar-refractivity contribution in [1.82, 2.24) is 0 Å². The summed E-state index contributed by atoms with van der Waals surface area (Å²) in [5.74, 6) is 0.665. The Bertz CT molecular complexity index is 905. The van der Waals surface area contributed by atoms with Crippen LogP contribution in [0.1, 0.15) is 16.7 Å². The first-order valence-corrected chi connectivity index (χ1v) is 9.45. The van der Waals surface area contributed by atoms with Crippen LogP contribution >= 0.6 is 27.7 Å². The fourth-order valence-electron chi connectivity index (χ4n) is 2.74. The first-order valence-electron chi connectivity index (χ1n) is 7.78. The maximum Gasteiger partial charge on any atom is 0.266 e. The smallest absolute Gasteiger partial charge is 0.266 e. The zero-order chi connectivity index (χ0) is 17.2. The minimum Gasteiger partial charge on any atom is -0.465 e. The Morgan fingerprint density at radius 3 is 2.44 bits per heavy atom. The number of amides is 1. The number of rotatable bonds is 3. The van der Waals surface area contributed by atoms with E-state index in [0.717, 1.165) is 15.7 Å². The lowest BCUT2D eigenvalue weighted by Crippen LogP contribution is -2.27. The minimum absolute atomic E-state index is 0.0161. The molecule has 1 aromatic heterocycles. The van der Waals surface area contributed by atoms with Crippen molar-refractivity contribution in [2.45, 2.75) is 5.37 Å². The largest absolute Gasteiger partial charge is 0.465 e. The summed E-state index contributed by atoms with van der Waals surface area (Å²) in [6.45, 7) is 0. The number of hydrogen-bond acceptors (Lipinski definition) is 3. The van der Waals surface area contributed by atoms with Crippen molar-refractivity contribution in [1.29, 1.82) is 0 Å². The van der Waals surface area contributed by atoms with Gasteiger partial charge in [0.1, 0.15) is 11.1 Å². The second kappa shape index (κ2) is 6.94. The van der Waals surface area contributed by atoms with E-state index in [-0.39, 0.29) is 11.3 Å². The third-order valence-corrected chi connectivity index (χ3v) is 5.69. The number of benzene rings is 2. The molecule has 0 bridgehead atoms. The highest BCUT2D eigenvalue weighted by molar-refractivity contribution is 9.10. The Morgan fingerprint density at radius 2 is 1.76 bits per heavy atom. The Balaban J connectivity index is 1.77. The molecule has 1 aliphatic rings. The van der Waals surface area contributed by atoms with E-state index < -0.39 is 0 Å². The molecule has 1 fully saturated rings. The van der Waals surface area contributed by atoms with E-state index in [1.807, 2.05) is 77.7 Å². The predicted molar refractivity (Wildman–Crippen MR) is 105 cm³/mol. The van der Waals surface area contributed by atoms with Crippen molar-refractivity contribution in [2.75, 3.05) is 4.90 Å². The van der Waals surface area contributed by atoms with Crippen LogP contribution in [-0.4, -0.2) is 5.91 Å². The fourth-order valence-corrected chi connectivity index (χ4v) is 4.24. The molecule has 0 spiro atoms. The van der Waals surface area contributed by atoms with E-state index in [2.05, 4.69) is 15.9 Å². The molecule has 2 aromatic carbocycles. The van der Waals surface area contributed by atoms with Crippen LogP contribution in [-0.2, 0) is 4.79 Å². The number of furan rings is 1. The summed E-state index contributed by atoms with van der Waals surface area (Å²) >= 11 is 4.99. The lowest BCUT2D eigenvalue weighted by atomic mass is 10.2. The lowest BCUT2D eigenvalue weighted by Gasteiger charge is -2.23. The first kappa shape index (κ1) is 16.2. The number of anilines is 1. The van der Waals surface area contributed by atoms with Crippen molar-refractivity contribution in [3.63, 3.8) is 0 Å². The van der Waals surface area contributed by atoms with Gasteiger partial charge < -0.3 is 4.42 Å². The number of nitrogens with zero attached hydrogens (tertiary/aromatic N) is 1. The summed E-state index contributed by atoms with van der Waals surface area (Å²) in [4.78, 5) is 15.6. The van der Waals surface area contributed by atoms with Crippen LogP contribution in [0.15, 0.2) is 86.8 Å². The molecular formula is C20H14BrNO2S. The zero-order valence-corrected chi connectivity index (χ0v) is 15.5. The minimum atomic E-state index is -0.101. The third kappa shape index (κ3) is 3.30. The van der Waals surface area contributed by atoms with Crippen molar-refractivity contribution in [2.24, 2.45) is 0 Å². The van der Waals surface area contributed by atoms with Crippen molar-refractivity contribution in [3.05, 3.63) is 93.7 Å². The topological polar surface area (TPSA) is 33.5 Å². The number of halogens is 1.